The molecule has 0 unspecified atom stereocenters. The first-order valence-electron chi connectivity index (χ1n) is 10.6. The topological polar surface area (TPSA) is 58.6 Å². The van der Waals surface area contributed by atoms with Crippen molar-refractivity contribution in [2.75, 3.05) is 0 Å². The van der Waals surface area contributed by atoms with E-state index in [4.69, 9.17) is 19.4 Å². The van der Waals surface area contributed by atoms with E-state index in [1.54, 1.807) is 0 Å². The van der Waals surface area contributed by atoms with Crippen molar-refractivity contribution >= 4 is 16.9 Å². The zero-order chi connectivity index (χ0) is 25.3. The second-order valence-corrected chi connectivity index (χ2v) is 9.71. The molecule has 8 heteroatoms. The van der Waals surface area contributed by atoms with Gasteiger partial charge < -0.3 is 19.4 Å². The van der Waals surface area contributed by atoms with E-state index in [9.17, 15) is 13.2 Å². The van der Waals surface area contributed by atoms with Gasteiger partial charge in [-0.2, -0.15) is 13.2 Å². The lowest BCUT2D eigenvalue weighted by atomic mass is 10.3. The van der Waals surface area contributed by atoms with Gasteiger partial charge in [-0.15, -0.1) is 0 Å². The molecule has 3 aromatic carbocycles. The number of ether oxygens (including phenoxy) is 2. The second kappa shape index (κ2) is 12.4. The van der Waals surface area contributed by atoms with Crippen molar-refractivity contribution in [3.8, 4) is 11.5 Å². The number of carboxylic acids is 1. The quantitative estimate of drug-likeness (QED) is 0.400. The third-order valence-electron chi connectivity index (χ3n) is 4.07. The summed E-state index contributed by atoms with van der Waals surface area (Å²) in [7, 11) is -0.168. The molecule has 0 aliphatic carbocycles. The molecule has 3 rings (SSSR count). The molecule has 3 aromatic rings. The van der Waals surface area contributed by atoms with E-state index in [1.165, 1.54) is 14.7 Å². The molecule has 0 aliphatic heterocycles. The van der Waals surface area contributed by atoms with Crippen LogP contribution in [0.2, 0.25) is 0 Å². The van der Waals surface area contributed by atoms with Crippen LogP contribution in [0.1, 0.15) is 27.7 Å². The van der Waals surface area contributed by atoms with Gasteiger partial charge >= 0.3 is 6.18 Å². The number of alkyl halides is 3. The van der Waals surface area contributed by atoms with Crippen LogP contribution in [0.15, 0.2) is 93.5 Å². The summed E-state index contributed by atoms with van der Waals surface area (Å²) in [5, 5.41) is 8.78. The summed E-state index contributed by atoms with van der Waals surface area (Å²) < 4.78 is 43.1. The van der Waals surface area contributed by atoms with Gasteiger partial charge in [0.05, 0.1) is 23.1 Å². The number of carbonyl (C=O) groups is 1. The van der Waals surface area contributed by atoms with Gasteiger partial charge in [0.15, 0.2) is 14.7 Å². The van der Waals surface area contributed by atoms with E-state index in [-0.39, 0.29) is 23.1 Å². The van der Waals surface area contributed by atoms with Gasteiger partial charge in [-0.05, 0) is 88.4 Å². The van der Waals surface area contributed by atoms with Crippen LogP contribution in [0.5, 0.6) is 11.5 Å². The maximum atomic E-state index is 10.5. The predicted molar refractivity (Wildman–Crippen MR) is 124 cm³/mol. The largest absolute Gasteiger partial charge is 0.542 e. The summed E-state index contributed by atoms with van der Waals surface area (Å²) in [6.07, 6.45) is -4.84. The van der Waals surface area contributed by atoms with Crippen LogP contribution < -0.4 is 14.6 Å². The average Bonchev–Trinajstić information content (AvgIpc) is 2.76. The maximum absolute atomic E-state index is 10.5. The average molecular weight is 493 g/mol. The molecule has 34 heavy (non-hydrogen) atoms. The maximum Gasteiger partial charge on any atom is 0.430 e. The number of hydrogen-bond acceptors (Lipinski definition) is 4. The molecular weight excluding hydrogens is 465 g/mol. The number of halogens is 3. The molecule has 4 nitrogen and oxygen atoms in total. The lowest BCUT2D eigenvalue weighted by Crippen LogP contribution is -2.37. The Hall–Kier alpha value is -3.13. The second-order valence-electron chi connectivity index (χ2n) is 7.68. The van der Waals surface area contributed by atoms with Gasteiger partial charge in [0.1, 0.15) is 17.5 Å². The van der Waals surface area contributed by atoms with Crippen molar-refractivity contribution in [1.29, 1.82) is 0 Å². The molecule has 0 N–H and O–H groups in total. The Morgan fingerprint density at radius 1 is 0.706 bits per heavy atom. The van der Waals surface area contributed by atoms with Crippen LogP contribution in [0.4, 0.5) is 13.2 Å². The summed E-state index contributed by atoms with van der Waals surface area (Å²) in [6.45, 7) is 8.18. The monoisotopic (exact) mass is 492 g/mol. The van der Waals surface area contributed by atoms with Crippen LogP contribution in [-0.4, -0.2) is 24.4 Å². The number of benzene rings is 3. The van der Waals surface area contributed by atoms with E-state index in [2.05, 4.69) is 78.9 Å². The third kappa shape index (κ3) is 8.67. The lowest BCUT2D eigenvalue weighted by Gasteiger charge is -2.12. The first-order chi connectivity index (χ1) is 16.0. The molecule has 0 aromatic heterocycles. The molecule has 182 valence electrons. The summed E-state index contributed by atoms with van der Waals surface area (Å²) in [5.41, 5.74) is 0. The molecule has 0 spiro atoms. The highest BCUT2D eigenvalue weighted by Gasteiger charge is 2.29. The van der Waals surface area contributed by atoms with Gasteiger partial charge in [-0.25, -0.2) is 0 Å². The van der Waals surface area contributed by atoms with E-state index < -0.39 is 12.1 Å². The molecule has 0 saturated carbocycles. The summed E-state index contributed by atoms with van der Waals surface area (Å²) in [5.74, 6) is -1.19. The number of carboxylic acid groups (broad SMARTS) is 1. The SMILES string of the molecule is CC(C)Oc1ccc([S+](c2ccccc2)c2ccc(OC(C)C)cc2)cc1.O=C([O-])C(F)(F)F. The van der Waals surface area contributed by atoms with E-state index in [0.29, 0.717) is 0 Å². The van der Waals surface area contributed by atoms with Gasteiger partial charge in [-0.1, -0.05) is 18.2 Å². The Bertz CT molecular complexity index is 965. The van der Waals surface area contributed by atoms with Gasteiger partial charge in [-0.3, -0.25) is 0 Å². The lowest BCUT2D eigenvalue weighted by molar-refractivity contribution is -0.344. The fraction of sp³-hybridized carbons (Fsp3) is 0.269. The van der Waals surface area contributed by atoms with Gasteiger partial charge in [0, 0.05) is 0 Å². The van der Waals surface area contributed by atoms with Crippen LogP contribution in [0, 0.1) is 0 Å². The molecule has 0 atom stereocenters. The molecule has 0 fully saturated rings. The van der Waals surface area contributed by atoms with Crippen molar-refractivity contribution in [3.63, 3.8) is 0 Å². The summed E-state index contributed by atoms with van der Waals surface area (Å²) in [4.78, 5) is 12.6. The highest BCUT2D eigenvalue weighted by molar-refractivity contribution is 7.97. The number of carbonyl (C=O) groups excluding carboxylic acids is 1. The standard InChI is InChI=1S/C24H27O2S.C2HF3O2/c1-18(2)25-20-10-14-23(15-11-20)27(22-8-6-5-7-9-22)24-16-12-21(13-17-24)26-19(3)4;3-2(4,5)1(6)7/h5-19H,1-4H3;(H,6,7)/q+1;/p-1. The first-order valence-corrected chi connectivity index (χ1v) is 11.8. The minimum Gasteiger partial charge on any atom is -0.542 e. The van der Waals surface area contributed by atoms with Crippen molar-refractivity contribution < 1.29 is 32.5 Å². The van der Waals surface area contributed by atoms with E-state index in [1.807, 2.05) is 27.7 Å². The number of aliphatic carboxylic acids is 1. The molecule has 0 radical (unpaired) electrons. The smallest absolute Gasteiger partial charge is 0.430 e. The third-order valence-corrected chi connectivity index (χ3v) is 6.30. The highest BCUT2D eigenvalue weighted by atomic mass is 32.2. The number of hydrogen-bond donors (Lipinski definition) is 0. The van der Waals surface area contributed by atoms with E-state index >= 15 is 0 Å². The van der Waals surface area contributed by atoms with Gasteiger partial charge in [0.25, 0.3) is 0 Å². The van der Waals surface area contributed by atoms with Crippen molar-refractivity contribution in [2.24, 2.45) is 0 Å². The van der Waals surface area contributed by atoms with Crippen molar-refractivity contribution in [3.05, 3.63) is 78.9 Å². The summed E-state index contributed by atoms with van der Waals surface area (Å²) in [6, 6.07) is 27.6. The van der Waals surface area contributed by atoms with Crippen LogP contribution >= 0.6 is 0 Å². The van der Waals surface area contributed by atoms with Gasteiger partial charge in [0.2, 0.25) is 0 Å². The van der Waals surface area contributed by atoms with Crippen LogP contribution in [0.3, 0.4) is 0 Å². The number of rotatable bonds is 7. The van der Waals surface area contributed by atoms with Crippen molar-refractivity contribution in [2.45, 2.75) is 60.8 Å². The zero-order valence-corrected chi connectivity index (χ0v) is 20.2. The Kier molecular flexibility index (Phi) is 9.86. The molecule has 0 aliphatic rings. The Balaban J connectivity index is 0.000000509. The minimum absolute atomic E-state index is 0.168. The Morgan fingerprint density at radius 2 is 1.03 bits per heavy atom. The Morgan fingerprint density at radius 3 is 1.32 bits per heavy atom. The molecule has 0 saturated heterocycles. The normalized spacial score (nSPS) is 11.2. The predicted octanol–water partition coefficient (Wildman–Crippen LogP) is 5.66. The Labute approximate surface area is 200 Å². The summed E-state index contributed by atoms with van der Waals surface area (Å²) >= 11 is 0. The molecule has 0 bridgehead atoms. The van der Waals surface area contributed by atoms with E-state index in [0.717, 1.165) is 11.5 Å². The first kappa shape index (κ1) is 27.1. The van der Waals surface area contributed by atoms with Crippen LogP contribution in [-0.2, 0) is 15.7 Å². The fourth-order valence-corrected chi connectivity index (χ4v) is 4.88. The fourth-order valence-electron chi connectivity index (χ4n) is 2.82. The molecule has 0 amide bonds. The highest BCUT2D eigenvalue weighted by Crippen LogP contribution is 2.33. The zero-order valence-electron chi connectivity index (χ0n) is 19.3. The molecule has 0 heterocycles. The minimum atomic E-state index is -5.19. The van der Waals surface area contributed by atoms with Crippen molar-refractivity contribution in [1.82, 2.24) is 0 Å². The van der Waals surface area contributed by atoms with Crippen LogP contribution in [0.25, 0.3) is 0 Å². The molecular formula is C26H27F3O4S.